The first-order valence-electron chi connectivity index (χ1n) is 6.47. The molecule has 4 N–H and O–H groups in total. The molecule has 0 atom stereocenters. The Balaban J connectivity index is 1.73. The molecule has 0 fully saturated rings. The van der Waals surface area contributed by atoms with Gasteiger partial charge in [-0.2, -0.15) is 0 Å². The molecule has 21 heavy (non-hydrogen) atoms. The first kappa shape index (κ1) is 14.9. The molecule has 1 aliphatic rings. The summed E-state index contributed by atoms with van der Waals surface area (Å²) in [6, 6.07) is 5.20. The molecule has 0 unspecified atom stereocenters. The summed E-state index contributed by atoms with van der Waals surface area (Å²) in [5, 5.41) is 5.54. The maximum atomic E-state index is 11.7. The van der Waals surface area contributed by atoms with E-state index in [4.69, 9.17) is 15.2 Å². The Morgan fingerprint density at radius 3 is 2.76 bits per heavy atom. The molecule has 0 saturated carbocycles. The fraction of sp³-hybridized carbons (Fsp3) is 0.385. The molecule has 0 bridgehead atoms. The lowest BCUT2D eigenvalue weighted by molar-refractivity contribution is -0.115. The second-order valence-corrected chi connectivity index (χ2v) is 4.25. The van der Waals surface area contributed by atoms with Gasteiger partial charge >= 0.3 is 6.09 Å². The fourth-order valence-electron chi connectivity index (χ4n) is 1.75. The van der Waals surface area contributed by atoms with Crippen LogP contribution < -0.4 is 25.8 Å². The highest BCUT2D eigenvalue weighted by atomic mass is 16.6. The van der Waals surface area contributed by atoms with Crippen molar-refractivity contribution < 1.29 is 23.8 Å². The Morgan fingerprint density at radius 2 is 2.00 bits per heavy atom. The summed E-state index contributed by atoms with van der Waals surface area (Å²) in [7, 11) is 0. The summed E-state index contributed by atoms with van der Waals surface area (Å²) in [6.45, 7) is 1.57. The van der Waals surface area contributed by atoms with Crippen LogP contribution in [0.15, 0.2) is 18.2 Å². The van der Waals surface area contributed by atoms with E-state index in [-0.39, 0.29) is 19.1 Å². The number of carbonyl (C=O) groups excluding carboxylic acids is 2. The number of ether oxygens (including phenoxy) is 3. The molecule has 0 spiro atoms. The molecule has 0 saturated heterocycles. The van der Waals surface area contributed by atoms with Crippen LogP contribution in [0.2, 0.25) is 0 Å². The number of hydrogen-bond donors (Lipinski definition) is 3. The summed E-state index contributed by atoms with van der Waals surface area (Å²) >= 11 is 0. The van der Waals surface area contributed by atoms with E-state index in [1.54, 1.807) is 18.2 Å². The number of hydrogen-bond acceptors (Lipinski definition) is 6. The molecule has 0 radical (unpaired) electrons. The Bertz CT molecular complexity index is 521. The van der Waals surface area contributed by atoms with Crippen LogP contribution in [0.5, 0.6) is 11.5 Å². The summed E-state index contributed by atoms with van der Waals surface area (Å²) < 4.78 is 15.3. The van der Waals surface area contributed by atoms with Crippen LogP contribution in [0, 0.1) is 0 Å². The minimum atomic E-state index is -0.836. The zero-order chi connectivity index (χ0) is 15.1. The third kappa shape index (κ3) is 4.84. The minimum Gasteiger partial charge on any atom is -0.486 e. The molecule has 1 heterocycles. The van der Waals surface area contributed by atoms with Crippen molar-refractivity contribution in [2.45, 2.75) is 0 Å². The van der Waals surface area contributed by atoms with Gasteiger partial charge in [0.2, 0.25) is 5.91 Å². The van der Waals surface area contributed by atoms with Crippen LogP contribution in [-0.2, 0) is 9.53 Å². The molecule has 2 rings (SSSR count). The Morgan fingerprint density at radius 1 is 1.24 bits per heavy atom. The number of carbonyl (C=O) groups is 2. The van der Waals surface area contributed by atoms with E-state index in [1.807, 2.05) is 0 Å². The molecule has 1 aromatic carbocycles. The quantitative estimate of drug-likeness (QED) is 0.641. The summed E-state index contributed by atoms with van der Waals surface area (Å²) in [4.78, 5) is 22.0. The van der Waals surface area contributed by atoms with Crippen molar-refractivity contribution in [2.24, 2.45) is 5.73 Å². The van der Waals surface area contributed by atoms with Gasteiger partial charge in [0.25, 0.3) is 0 Å². The van der Waals surface area contributed by atoms with E-state index in [9.17, 15) is 9.59 Å². The Hall–Kier alpha value is -2.48. The second-order valence-electron chi connectivity index (χ2n) is 4.25. The van der Waals surface area contributed by atoms with E-state index in [2.05, 4.69) is 15.4 Å². The first-order chi connectivity index (χ1) is 10.1. The van der Waals surface area contributed by atoms with Gasteiger partial charge in [-0.25, -0.2) is 4.79 Å². The van der Waals surface area contributed by atoms with Gasteiger partial charge in [-0.1, -0.05) is 0 Å². The van der Waals surface area contributed by atoms with Gasteiger partial charge in [0.15, 0.2) is 11.5 Å². The van der Waals surface area contributed by atoms with E-state index < -0.39 is 6.09 Å². The van der Waals surface area contributed by atoms with Crippen molar-refractivity contribution in [1.29, 1.82) is 0 Å². The highest BCUT2D eigenvalue weighted by Gasteiger charge is 2.12. The monoisotopic (exact) mass is 295 g/mol. The van der Waals surface area contributed by atoms with Gasteiger partial charge in [0.05, 0.1) is 6.54 Å². The van der Waals surface area contributed by atoms with Gasteiger partial charge in [-0.15, -0.1) is 0 Å². The molecule has 0 aromatic heterocycles. The normalized spacial score (nSPS) is 12.6. The maximum absolute atomic E-state index is 11.7. The smallest absolute Gasteiger partial charge is 0.404 e. The predicted octanol–water partition coefficient (Wildman–Crippen LogP) is 0.0812. The lowest BCUT2D eigenvalue weighted by Gasteiger charge is -2.19. The van der Waals surface area contributed by atoms with Crippen molar-refractivity contribution in [3.8, 4) is 11.5 Å². The van der Waals surface area contributed by atoms with Crippen molar-refractivity contribution in [3.63, 3.8) is 0 Å². The summed E-state index contributed by atoms with van der Waals surface area (Å²) in [6.07, 6.45) is -0.836. The van der Waals surface area contributed by atoms with Gasteiger partial charge in [-0.3, -0.25) is 4.79 Å². The molecule has 2 amide bonds. The lowest BCUT2D eigenvalue weighted by Crippen LogP contribution is -2.31. The van der Waals surface area contributed by atoms with Crippen molar-refractivity contribution in [2.75, 3.05) is 38.2 Å². The minimum absolute atomic E-state index is 0.0938. The topological polar surface area (TPSA) is 112 Å². The standard InChI is InChI=1S/C13H17N3O5/c14-13(18)21-4-3-15-8-12(17)16-9-1-2-10-11(7-9)20-6-5-19-10/h1-2,7,15H,3-6,8H2,(H2,14,18)(H,16,17). The van der Waals surface area contributed by atoms with Gasteiger partial charge < -0.3 is 30.6 Å². The average molecular weight is 295 g/mol. The van der Waals surface area contributed by atoms with E-state index in [0.717, 1.165) is 0 Å². The molecule has 1 aromatic rings. The number of nitrogens with one attached hydrogen (secondary N) is 2. The lowest BCUT2D eigenvalue weighted by atomic mass is 10.2. The molecule has 8 heteroatoms. The number of rotatable bonds is 6. The van der Waals surface area contributed by atoms with Crippen LogP contribution >= 0.6 is 0 Å². The van der Waals surface area contributed by atoms with E-state index in [1.165, 1.54) is 0 Å². The molecule has 114 valence electrons. The van der Waals surface area contributed by atoms with Gasteiger partial charge in [-0.05, 0) is 12.1 Å². The van der Waals surface area contributed by atoms with Crippen LogP contribution in [-0.4, -0.2) is 44.9 Å². The van der Waals surface area contributed by atoms with Crippen molar-refractivity contribution >= 4 is 17.7 Å². The molecule has 0 aliphatic carbocycles. The van der Waals surface area contributed by atoms with Gasteiger partial charge in [0, 0.05) is 18.3 Å². The predicted molar refractivity (Wildman–Crippen MR) is 74.5 cm³/mol. The Kier molecular flexibility index (Phi) is 5.22. The van der Waals surface area contributed by atoms with Crippen LogP contribution in [0.25, 0.3) is 0 Å². The molecule has 8 nitrogen and oxygen atoms in total. The molecule has 1 aliphatic heterocycles. The molecular weight excluding hydrogens is 278 g/mol. The van der Waals surface area contributed by atoms with Gasteiger partial charge in [0.1, 0.15) is 19.8 Å². The number of nitrogens with two attached hydrogens (primary N) is 1. The number of benzene rings is 1. The maximum Gasteiger partial charge on any atom is 0.404 e. The zero-order valence-corrected chi connectivity index (χ0v) is 11.4. The fourth-order valence-corrected chi connectivity index (χ4v) is 1.75. The number of primary amides is 1. The third-order valence-electron chi connectivity index (χ3n) is 2.63. The highest BCUT2D eigenvalue weighted by Crippen LogP contribution is 2.32. The van der Waals surface area contributed by atoms with Crippen molar-refractivity contribution in [1.82, 2.24) is 5.32 Å². The SMILES string of the molecule is NC(=O)OCCNCC(=O)Nc1ccc2c(c1)OCCO2. The highest BCUT2D eigenvalue weighted by molar-refractivity contribution is 5.92. The zero-order valence-electron chi connectivity index (χ0n) is 11.4. The van der Waals surface area contributed by atoms with E-state index >= 15 is 0 Å². The molecular formula is C13H17N3O5. The number of amides is 2. The van der Waals surface area contributed by atoms with Crippen LogP contribution in [0.1, 0.15) is 0 Å². The number of fused-ring (bicyclic) bond motifs is 1. The second kappa shape index (κ2) is 7.34. The number of anilines is 1. The Labute approximate surface area is 121 Å². The van der Waals surface area contributed by atoms with Crippen LogP contribution in [0.3, 0.4) is 0 Å². The first-order valence-corrected chi connectivity index (χ1v) is 6.47. The van der Waals surface area contributed by atoms with Crippen LogP contribution in [0.4, 0.5) is 10.5 Å². The largest absolute Gasteiger partial charge is 0.486 e. The average Bonchev–Trinajstić information content (AvgIpc) is 2.46. The van der Waals surface area contributed by atoms with E-state index in [0.29, 0.717) is 36.9 Å². The summed E-state index contributed by atoms with van der Waals surface area (Å²) in [5.41, 5.74) is 5.43. The van der Waals surface area contributed by atoms with Crippen molar-refractivity contribution in [3.05, 3.63) is 18.2 Å². The third-order valence-corrected chi connectivity index (χ3v) is 2.63. The summed E-state index contributed by atoms with van der Waals surface area (Å²) in [5.74, 6) is 1.06.